The first-order valence-corrected chi connectivity index (χ1v) is 9.38. The summed E-state index contributed by atoms with van der Waals surface area (Å²) < 4.78 is 16.6. The number of hydrogen-bond donors (Lipinski definition) is 0. The highest BCUT2D eigenvalue weighted by atomic mass is 79.9. The van der Waals surface area contributed by atoms with Gasteiger partial charge in [0.25, 0.3) is 0 Å². The lowest BCUT2D eigenvalue weighted by Gasteiger charge is -2.08. The van der Waals surface area contributed by atoms with Crippen molar-refractivity contribution in [3.8, 4) is 22.1 Å². The number of methoxy groups -OCH3 is 2. The Morgan fingerprint density at radius 1 is 1.15 bits per heavy atom. The highest BCUT2D eigenvalue weighted by molar-refractivity contribution is 9.10. The molecular formula is C19H16BrNO4S. The number of benzene rings is 2. The maximum Gasteiger partial charge on any atom is 0.337 e. The summed E-state index contributed by atoms with van der Waals surface area (Å²) in [5.74, 6) is 1.03. The van der Waals surface area contributed by atoms with Gasteiger partial charge in [0, 0.05) is 5.38 Å². The molecule has 1 heterocycles. The quantitative estimate of drug-likeness (QED) is 0.514. The van der Waals surface area contributed by atoms with E-state index in [1.54, 1.807) is 25.3 Å². The van der Waals surface area contributed by atoms with Gasteiger partial charge in [-0.3, -0.25) is 0 Å². The second-order valence-corrected chi connectivity index (χ2v) is 6.98. The zero-order valence-corrected chi connectivity index (χ0v) is 16.6. The summed E-state index contributed by atoms with van der Waals surface area (Å²) in [6.45, 7) is 0.321. The summed E-state index contributed by atoms with van der Waals surface area (Å²) in [6, 6.07) is 12.8. The Labute approximate surface area is 163 Å². The van der Waals surface area contributed by atoms with E-state index in [4.69, 9.17) is 14.2 Å². The highest BCUT2D eigenvalue weighted by Gasteiger charge is 2.12. The zero-order chi connectivity index (χ0) is 18.5. The van der Waals surface area contributed by atoms with Gasteiger partial charge in [-0.1, -0.05) is 12.1 Å². The molecule has 2 aromatic carbocycles. The summed E-state index contributed by atoms with van der Waals surface area (Å²) in [6.07, 6.45) is 0. The van der Waals surface area contributed by atoms with Crippen molar-refractivity contribution in [2.75, 3.05) is 14.2 Å². The normalized spacial score (nSPS) is 10.4. The summed E-state index contributed by atoms with van der Waals surface area (Å²) in [5, 5.41) is 2.83. The van der Waals surface area contributed by atoms with Crippen molar-refractivity contribution in [2.45, 2.75) is 6.61 Å². The van der Waals surface area contributed by atoms with Crippen LogP contribution in [0.2, 0.25) is 0 Å². The van der Waals surface area contributed by atoms with Gasteiger partial charge in [-0.15, -0.1) is 11.3 Å². The molecule has 0 spiro atoms. The minimum absolute atomic E-state index is 0.321. The molecule has 0 aliphatic rings. The van der Waals surface area contributed by atoms with Crippen molar-refractivity contribution in [3.63, 3.8) is 0 Å². The van der Waals surface area contributed by atoms with Gasteiger partial charge < -0.3 is 14.2 Å². The topological polar surface area (TPSA) is 57.7 Å². The van der Waals surface area contributed by atoms with Gasteiger partial charge >= 0.3 is 5.97 Å². The second kappa shape index (κ2) is 8.33. The summed E-state index contributed by atoms with van der Waals surface area (Å²) in [4.78, 5) is 16.2. The third-order valence-corrected chi connectivity index (χ3v) is 5.16. The van der Waals surface area contributed by atoms with Crippen molar-refractivity contribution in [1.82, 2.24) is 4.98 Å². The summed E-state index contributed by atoms with van der Waals surface area (Å²) in [7, 11) is 2.99. The molecule has 0 saturated carbocycles. The number of rotatable bonds is 6. The average molecular weight is 434 g/mol. The molecule has 7 heteroatoms. The number of nitrogens with zero attached hydrogens (tertiary/aromatic N) is 1. The predicted octanol–water partition coefficient (Wildman–Crippen LogP) is 4.95. The van der Waals surface area contributed by atoms with Crippen LogP contribution >= 0.6 is 27.3 Å². The van der Waals surface area contributed by atoms with Crippen LogP contribution in [-0.4, -0.2) is 25.2 Å². The number of carbonyl (C=O) groups is 1. The number of halogens is 1. The lowest BCUT2D eigenvalue weighted by atomic mass is 10.2. The van der Waals surface area contributed by atoms with Crippen LogP contribution in [0.3, 0.4) is 0 Å². The second-order valence-electron chi connectivity index (χ2n) is 5.27. The molecule has 3 aromatic rings. The van der Waals surface area contributed by atoms with Crippen molar-refractivity contribution in [1.29, 1.82) is 0 Å². The molecule has 0 radical (unpaired) electrons. The van der Waals surface area contributed by atoms with Crippen LogP contribution < -0.4 is 9.47 Å². The highest BCUT2D eigenvalue weighted by Crippen LogP contribution is 2.32. The SMILES string of the molecule is COC(=O)c1ccc(OCc2csc(-c3ccccc3OC)n2)c(Br)c1. The molecule has 0 aliphatic heterocycles. The third-order valence-electron chi connectivity index (χ3n) is 3.62. The first-order valence-electron chi connectivity index (χ1n) is 7.71. The number of carbonyl (C=O) groups excluding carboxylic acids is 1. The molecule has 0 amide bonds. The fraction of sp³-hybridized carbons (Fsp3) is 0.158. The van der Waals surface area contributed by atoms with Gasteiger partial charge in [-0.25, -0.2) is 9.78 Å². The van der Waals surface area contributed by atoms with E-state index in [0.29, 0.717) is 22.4 Å². The van der Waals surface area contributed by atoms with E-state index in [1.807, 2.05) is 29.6 Å². The summed E-state index contributed by atoms with van der Waals surface area (Å²) in [5.41, 5.74) is 2.23. The summed E-state index contributed by atoms with van der Waals surface area (Å²) >= 11 is 4.95. The van der Waals surface area contributed by atoms with E-state index in [2.05, 4.69) is 20.9 Å². The monoisotopic (exact) mass is 433 g/mol. The van der Waals surface area contributed by atoms with E-state index in [0.717, 1.165) is 22.0 Å². The van der Waals surface area contributed by atoms with Crippen LogP contribution in [0.1, 0.15) is 16.1 Å². The zero-order valence-electron chi connectivity index (χ0n) is 14.2. The fourth-order valence-electron chi connectivity index (χ4n) is 2.33. The maximum absolute atomic E-state index is 11.5. The molecule has 0 atom stereocenters. The number of para-hydroxylation sites is 1. The number of esters is 1. The number of aromatic nitrogens is 1. The number of hydrogen-bond acceptors (Lipinski definition) is 6. The first-order chi connectivity index (χ1) is 12.6. The Balaban J connectivity index is 1.71. The fourth-order valence-corrected chi connectivity index (χ4v) is 3.66. The van der Waals surface area contributed by atoms with E-state index < -0.39 is 5.97 Å². The van der Waals surface area contributed by atoms with Crippen LogP contribution in [0.4, 0.5) is 0 Å². The van der Waals surface area contributed by atoms with E-state index >= 15 is 0 Å². The molecule has 0 fully saturated rings. The van der Waals surface area contributed by atoms with Crippen molar-refractivity contribution in [3.05, 3.63) is 63.6 Å². The van der Waals surface area contributed by atoms with Crippen LogP contribution in [0.15, 0.2) is 52.3 Å². The van der Waals surface area contributed by atoms with E-state index in [1.165, 1.54) is 18.4 Å². The van der Waals surface area contributed by atoms with Gasteiger partial charge in [0.15, 0.2) is 0 Å². The van der Waals surface area contributed by atoms with Gasteiger partial charge in [0.05, 0.1) is 35.5 Å². The molecular weight excluding hydrogens is 418 g/mol. The Morgan fingerprint density at radius 2 is 1.96 bits per heavy atom. The molecule has 134 valence electrons. The molecule has 26 heavy (non-hydrogen) atoms. The lowest BCUT2D eigenvalue weighted by molar-refractivity contribution is 0.0600. The van der Waals surface area contributed by atoms with Crippen LogP contribution in [0.5, 0.6) is 11.5 Å². The number of ether oxygens (including phenoxy) is 3. The van der Waals surface area contributed by atoms with E-state index in [-0.39, 0.29) is 0 Å². The molecule has 1 aromatic heterocycles. The number of thiazole rings is 1. The average Bonchev–Trinajstić information content (AvgIpc) is 3.15. The molecule has 0 aliphatic carbocycles. The molecule has 5 nitrogen and oxygen atoms in total. The third kappa shape index (κ3) is 4.05. The Morgan fingerprint density at radius 3 is 2.69 bits per heavy atom. The van der Waals surface area contributed by atoms with Crippen molar-refractivity contribution < 1.29 is 19.0 Å². The largest absolute Gasteiger partial charge is 0.496 e. The smallest absolute Gasteiger partial charge is 0.337 e. The maximum atomic E-state index is 11.5. The first kappa shape index (κ1) is 18.4. The minimum Gasteiger partial charge on any atom is -0.496 e. The lowest BCUT2D eigenvalue weighted by Crippen LogP contribution is -2.02. The van der Waals surface area contributed by atoms with E-state index in [9.17, 15) is 4.79 Å². The standard InChI is InChI=1S/C19H16BrNO4S/c1-23-16-6-4-3-5-14(16)18-21-13(11-26-18)10-25-17-8-7-12(9-15(17)20)19(22)24-2/h3-9,11H,10H2,1-2H3. The Kier molecular flexibility index (Phi) is 5.90. The Bertz CT molecular complexity index is 925. The molecule has 0 saturated heterocycles. The van der Waals surface area contributed by atoms with Crippen LogP contribution in [0.25, 0.3) is 10.6 Å². The van der Waals surface area contributed by atoms with Gasteiger partial charge in [0.2, 0.25) is 0 Å². The molecule has 0 bridgehead atoms. The van der Waals surface area contributed by atoms with Gasteiger partial charge in [0.1, 0.15) is 23.1 Å². The Hall–Kier alpha value is -2.38. The minimum atomic E-state index is -0.391. The molecule has 0 N–H and O–H groups in total. The molecule has 0 unspecified atom stereocenters. The van der Waals surface area contributed by atoms with Crippen LogP contribution in [-0.2, 0) is 11.3 Å². The van der Waals surface area contributed by atoms with Crippen molar-refractivity contribution in [2.24, 2.45) is 0 Å². The van der Waals surface area contributed by atoms with Gasteiger partial charge in [-0.05, 0) is 46.3 Å². The molecule has 3 rings (SSSR count). The van der Waals surface area contributed by atoms with Crippen LogP contribution in [0, 0.1) is 0 Å². The predicted molar refractivity (Wildman–Crippen MR) is 104 cm³/mol. The van der Waals surface area contributed by atoms with Gasteiger partial charge in [-0.2, -0.15) is 0 Å². The van der Waals surface area contributed by atoms with Crippen molar-refractivity contribution >= 4 is 33.2 Å².